The van der Waals surface area contributed by atoms with Gasteiger partial charge in [0.1, 0.15) is 11.4 Å². The number of aryl methyl sites for hydroxylation is 1. The first-order valence-electron chi connectivity index (χ1n) is 5.39. The van der Waals surface area contributed by atoms with Gasteiger partial charge >= 0.3 is 0 Å². The molecule has 84 valence electrons. The maximum atomic E-state index is 5.74. The van der Waals surface area contributed by atoms with Crippen molar-refractivity contribution in [3.8, 4) is 0 Å². The highest BCUT2D eigenvalue weighted by Crippen LogP contribution is 2.34. The molecule has 0 N–H and O–H groups in total. The van der Waals surface area contributed by atoms with Crippen LogP contribution in [-0.2, 0) is 17.4 Å². The Hall–Kier alpha value is -0.870. The average Bonchev–Trinajstić information content (AvgIpc) is 2.67. The molecule has 0 saturated carbocycles. The quantitative estimate of drug-likeness (QED) is 0.727. The molecule has 1 saturated heterocycles. The van der Waals surface area contributed by atoms with Gasteiger partial charge in [0.15, 0.2) is 0 Å². The lowest BCUT2D eigenvalue weighted by molar-refractivity contribution is -0.0666. The molecule has 1 aliphatic heterocycles. The molecule has 0 aromatic carbocycles. The molecule has 1 aliphatic rings. The number of methoxy groups -OCH3 is 1. The van der Waals surface area contributed by atoms with E-state index in [1.807, 2.05) is 19.4 Å². The summed E-state index contributed by atoms with van der Waals surface area (Å²) in [6.07, 6.45) is 5.86. The van der Waals surface area contributed by atoms with E-state index in [0.29, 0.717) is 0 Å². The van der Waals surface area contributed by atoms with Gasteiger partial charge in [-0.1, -0.05) is 0 Å². The van der Waals surface area contributed by atoms with Crippen LogP contribution in [0.5, 0.6) is 0 Å². The molecule has 0 bridgehead atoms. The Morgan fingerprint density at radius 2 is 2.00 bits per heavy atom. The maximum Gasteiger partial charge on any atom is 0.140 e. The van der Waals surface area contributed by atoms with Crippen LogP contribution in [0.3, 0.4) is 0 Å². The smallest absolute Gasteiger partial charge is 0.140 e. The zero-order chi connectivity index (χ0) is 10.9. The Kier molecular flexibility index (Phi) is 2.80. The number of imidazole rings is 1. The second-order valence-corrected chi connectivity index (χ2v) is 4.36. The molecule has 0 radical (unpaired) electrons. The molecule has 1 aromatic heterocycles. The second kappa shape index (κ2) is 3.94. The normalized spacial score (nSPS) is 21.8. The molecule has 1 aromatic rings. The van der Waals surface area contributed by atoms with Crippen LogP contribution < -0.4 is 0 Å². The van der Waals surface area contributed by atoms with Gasteiger partial charge in [-0.05, 0) is 19.9 Å². The fourth-order valence-electron chi connectivity index (χ4n) is 2.30. The molecule has 4 heteroatoms. The molecule has 0 aliphatic carbocycles. The number of aromatic nitrogens is 2. The molecular weight excluding hydrogens is 190 g/mol. The first-order valence-corrected chi connectivity index (χ1v) is 5.39. The number of ether oxygens (including phenoxy) is 1. The van der Waals surface area contributed by atoms with Crippen LogP contribution in [0.25, 0.3) is 0 Å². The van der Waals surface area contributed by atoms with E-state index in [1.54, 1.807) is 7.11 Å². The number of hydrogen-bond donors (Lipinski definition) is 0. The van der Waals surface area contributed by atoms with E-state index in [0.717, 1.165) is 31.8 Å². The van der Waals surface area contributed by atoms with Crippen molar-refractivity contribution in [3.63, 3.8) is 0 Å². The zero-order valence-corrected chi connectivity index (χ0v) is 9.73. The Morgan fingerprint density at radius 3 is 2.47 bits per heavy atom. The molecule has 2 rings (SSSR count). The van der Waals surface area contributed by atoms with Crippen molar-refractivity contribution in [2.24, 2.45) is 7.05 Å². The Labute approximate surface area is 90.9 Å². The van der Waals surface area contributed by atoms with Crippen LogP contribution in [-0.4, -0.2) is 41.7 Å². The maximum absolute atomic E-state index is 5.74. The van der Waals surface area contributed by atoms with Crippen LogP contribution >= 0.6 is 0 Å². The summed E-state index contributed by atoms with van der Waals surface area (Å²) in [5.74, 6) is 1.05. The Morgan fingerprint density at radius 1 is 1.33 bits per heavy atom. The second-order valence-electron chi connectivity index (χ2n) is 4.36. The van der Waals surface area contributed by atoms with Crippen LogP contribution in [0.15, 0.2) is 12.4 Å². The summed E-state index contributed by atoms with van der Waals surface area (Å²) in [7, 11) is 5.97. The average molecular weight is 209 g/mol. The standard InChI is InChI=1S/C11H19N3O/c1-13-7-4-11(15-3,5-8-13)10-12-6-9-14(10)2/h6,9H,4-5,7-8H2,1-3H3. The number of piperidine rings is 1. The van der Waals surface area contributed by atoms with Crippen molar-refractivity contribution in [3.05, 3.63) is 18.2 Å². The summed E-state index contributed by atoms with van der Waals surface area (Å²) in [5, 5.41) is 0. The molecule has 4 nitrogen and oxygen atoms in total. The van der Waals surface area contributed by atoms with Crippen molar-refractivity contribution >= 4 is 0 Å². The minimum Gasteiger partial charge on any atom is -0.370 e. The third kappa shape index (κ3) is 1.79. The van der Waals surface area contributed by atoms with Gasteiger partial charge in [0.2, 0.25) is 0 Å². The van der Waals surface area contributed by atoms with Gasteiger partial charge in [-0.3, -0.25) is 0 Å². The zero-order valence-electron chi connectivity index (χ0n) is 9.73. The highest BCUT2D eigenvalue weighted by molar-refractivity contribution is 5.07. The van der Waals surface area contributed by atoms with E-state index in [9.17, 15) is 0 Å². The highest BCUT2D eigenvalue weighted by atomic mass is 16.5. The number of rotatable bonds is 2. The summed E-state index contributed by atoms with van der Waals surface area (Å²) < 4.78 is 7.81. The van der Waals surface area contributed by atoms with E-state index >= 15 is 0 Å². The van der Waals surface area contributed by atoms with E-state index < -0.39 is 0 Å². The molecule has 0 amide bonds. The topological polar surface area (TPSA) is 30.3 Å². The van der Waals surface area contributed by atoms with Gasteiger partial charge in [-0.25, -0.2) is 4.98 Å². The van der Waals surface area contributed by atoms with E-state index in [-0.39, 0.29) is 5.60 Å². The van der Waals surface area contributed by atoms with E-state index in [2.05, 4.69) is 21.5 Å². The largest absolute Gasteiger partial charge is 0.370 e. The van der Waals surface area contributed by atoms with Crippen molar-refractivity contribution in [1.82, 2.24) is 14.5 Å². The lowest BCUT2D eigenvalue weighted by Crippen LogP contribution is -2.43. The van der Waals surface area contributed by atoms with Crippen molar-refractivity contribution < 1.29 is 4.74 Å². The molecule has 1 fully saturated rings. The monoisotopic (exact) mass is 209 g/mol. The summed E-state index contributed by atoms with van der Waals surface area (Å²) in [6.45, 7) is 2.14. The SMILES string of the molecule is COC1(c2nccn2C)CCN(C)CC1. The molecule has 0 atom stereocenters. The Bertz CT molecular complexity index is 326. The van der Waals surface area contributed by atoms with Crippen LogP contribution in [0.2, 0.25) is 0 Å². The van der Waals surface area contributed by atoms with E-state index in [1.165, 1.54) is 0 Å². The minimum absolute atomic E-state index is 0.176. The summed E-state index contributed by atoms with van der Waals surface area (Å²) >= 11 is 0. The van der Waals surface area contributed by atoms with Crippen molar-refractivity contribution in [2.75, 3.05) is 27.2 Å². The van der Waals surface area contributed by atoms with Gasteiger partial charge in [0.25, 0.3) is 0 Å². The first-order chi connectivity index (χ1) is 7.18. The predicted molar refractivity (Wildman–Crippen MR) is 58.6 cm³/mol. The molecule has 2 heterocycles. The number of hydrogen-bond acceptors (Lipinski definition) is 3. The lowest BCUT2D eigenvalue weighted by Gasteiger charge is -2.38. The van der Waals surface area contributed by atoms with Gasteiger partial charge in [0, 0.05) is 39.6 Å². The first kappa shape index (κ1) is 10.6. The molecule has 0 unspecified atom stereocenters. The van der Waals surface area contributed by atoms with Gasteiger partial charge in [-0.2, -0.15) is 0 Å². The molecule has 15 heavy (non-hydrogen) atoms. The van der Waals surface area contributed by atoms with Gasteiger partial charge < -0.3 is 14.2 Å². The third-order valence-corrected chi connectivity index (χ3v) is 3.41. The number of likely N-dealkylation sites (tertiary alicyclic amines) is 1. The fraction of sp³-hybridized carbons (Fsp3) is 0.727. The van der Waals surface area contributed by atoms with Crippen LogP contribution in [0.1, 0.15) is 18.7 Å². The third-order valence-electron chi connectivity index (χ3n) is 3.41. The lowest BCUT2D eigenvalue weighted by atomic mass is 9.90. The minimum atomic E-state index is -0.176. The van der Waals surface area contributed by atoms with Gasteiger partial charge in [-0.15, -0.1) is 0 Å². The van der Waals surface area contributed by atoms with E-state index in [4.69, 9.17) is 4.74 Å². The van der Waals surface area contributed by atoms with Crippen LogP contribution in [0, 0.1) is 0 Å². The molecular formula is C11H19N3O. The summed E-state index contributed by atoms with van der Waals surface area (Å²) in [6, 6.07) is 0. The number of nitrogens with zero attached hydrogens (tertiary/aromatic N) is 3. The molecule has 0 spiro atoms. The van der Waals surface area contributed by atoms with Crippen molar-refractivity contribution in [2.45, 2.75) is 18.4 Å². The highest BCUT2D eigenvalue weighted by Gasteiger charge is 2.38. The summed E-state index contributed by atoms with van der Waals surface area (Å²) in [5.41, 5.74) is -0.176. The Balaban J connectivity index is 2.26. The fourth-order valence-corrected chi connectivity index (χ4v) is 2.30. The van der Waals surface area contributed by atoms with Crippen molar-refractivity contribution in [1.29, 1.82) is 0 Å². The van der Waals surface area contributed by atoms with Gasteiger partial charge in [0.05, 0.1) is 0 Å². The van der Waals surface area contributed by atoms with Crippen LogP contribution in [0.4, 0.5) is 0 Å². The predicted octanol–water partition coefficient (Wildman–Crippen LogP) is 0.987. The summed E-state index contributed by atoms with van der Waals surface area (Å²) in [4.78, 5) is 6.76.